The van der Waals surface area contributed by atoms with Gasteiger partial charge in [0, 0.05) is 18.4 Å². The van der Waals surface area contributed by atoms with Crippen LogP contribution in [0.2, 0.25) is 0 Å². The Morgan fingerprint density at radius 3 is 2.67 bits per heavy atom. The number of pyridine rings is 1. The molecule has 0 aliphatic heterocycles. The highest BCUT2D eigenvalue weighted by Crippen LogP contribution is 2.23. The second-order valence-corrected chi connectivity index (χ2v) is 4.53. The van der Waals surface area contributed by atoms with E-state index in [2.05, 4.69) is 10.3 Å². The summed E-state index contributed by atoms with van der Waals surface area (Å²) in [6, 6.07) is 8.40. The average molecular weight is 298 g/mol. The SMILES string of the molecule is O=C(O)c1cc2ccccc2nc1NCCCC(F)(F)F. The number of nitrogens with zero attached hydrogens (tertiary/aromatic N) is 1. The molecule has 112 valence electrons. The molecule has 0 saturated heterocycles. The molecule has 7 heteroatoms. The van der Waals surface area contributed by atoms with E-state index in [0.29, 0.717) is 10.9 Å². The van der Waals surface area contributed by atoms with E-state index in [0.717, 1.165) is 0 Å². The second kappa shape index (κ2) is 5.99. The van der Waals surface area contributed by atoms with Crippen molar-refractivity contribution in [2.45, 2.75) is 19.0 Å². The van der Waals surface area contributed by atoms with Crippen molar-refractivity contribution in [3.8, 4) is 0 Å². The first-order valence-corrected chi connectivity index (χ1v) is 6.30. The zero-order valence-corrected chi connectivity index (χ0v) is 10.9. The lowest BCUT2D eigenvalue weighted by Crippen LogP contribution is -2.13. The summed E-state index contributed by atoms with van der Waals surface area (Å²) < 4.78 is 36.2. The maximum Gasteiger partial charge on any atom is 0.389 e. The number of aromatic nitrogens is 1. The first-order valence-electron chi connectivity index (χ1n) is 6.30. The summed E-state index contributed by atoms with van der Waals surface area (Å²) in [4.78, 5) is 15.4. The summed E-state index contributed by atoms with van der Waals surface area (Å²) in [5.74, 6) is -1.09. The number of halogens is 3. The third-order valence-corrected chi connectivity index (χ3v) is 2.88. The van der Waals surface area contributed by atoms with E-state index in [9.17, 15) is 18.0 Å². The molecular formula is C14H13F3N2O2. The number of nitrogens with one attached hydrogen (secondary N) is 1. The minimum atomic E-state index is -4.21. The number of aromatic carboxylic acids is 1. The van der Waals surface area contributed by atoms with E-state index in [1.807, 2.05) is 0 Å². The molecule has 0 saturated carbocycles. The summed E-state index contributed by atoms with van der Waals surface area (Å²) in [7, 11) is 0. The Bertz CT molecular complexity index is 656. The van der Waals surface area contributed by atoms with Gasteiger partial charge in [0.1, 0.15) is 11.4 Å². The van der Waals surface area contributed by atoms with Crippen molar-refractivity contribution in [3.63, 3.8) is 0 Å². The Morgan fingerprint density at radius 1 is 1.29 bits per heavy atom. The number of para-hydroxylation sites is 1. The number of fused-ring (bicyclic) bond motifs is 1. The number of rotatable bonds is 5. The summed E-state index contributed by atoms with van der Waals surface area (Å²) >= 11 is 0. The molecule has 0 aliphatic rings. The third kappa shape index (κ3) is 4.08. The van der Waals surface area contributed by atoms with E-state index in [4.69, 9.17) is 5.11 Å². The maximum absolute atomic E-state index is 12.1. The van der Waals surface area contributed by atoms with Gasteiger partial charge in [-0.15, -0.1) is 0 Å². The van der Waals surface area contributed by atoms with Crippen molar-refractivity contribution in [1.82, 2.24) is 4.98 Å². The van der Waals surface area contributed by atoms with E-state index in [1.165, 1.54) is 6.07 Å². The van der Waals surface area contributed by atoms with Crippen LogP contribution in [0.25, 0.3) is 10.9 Å². The van der Waals surface area contributed by atoms with Gasteiger partial charge in [0.2, 0.25) is 0 Å². The van der Waals surface area contributed by atoms with Gasteiger partial charge in [-0.2, -0.15) is 13.2 Å². The number of carboxylic acid groups (broad SMARTS) is 1. The molecule has 21 heavy (non-hydrogen) atoms. The van der Waals surface area contributed by atoms with Crippen LogP contribution in [0.4, 0.5) is 19.0 Å². The molecule has 0 fully saturated rings. The number of hydrogen-bond acceptors (Lipinski definition) is 3. The number of hydrogen-bond donors (Lipinski definition) is 2. The van der Waals surface area contributed by atoms with E-state index in [-0.39, 0.29) is 24.3 Å². The molecule has 0 bridgehead atoms. The van der Waals surface area contributed by atoms with Gasteiger partial charge in [0.15, 0.2) is 0 Å². The van der Waals surface area contributed by atoms with Crippen LogP contribution in [0.15, 0.2) is 30.3 Å². The Labute approximate surface area is 118 Å². The zero-order chi connectivity index (χ0) is 15.5. The monoisotopic (exact) mass is 298 g/mol. The summed E-state index contributed by atoms with van der Waals surface area (Å²) in [5, 5.41) is 12.5. The predicted octanol–water partition coefficient (Wildman–Crippen LogP) is 3.69. The highest BCUT2D eigenvalue weighted by molar-refractivity contribution is 5.98. The van der Waals surface area contributed by atoms with Crippen LogP contribution in [-0.2, 0) is 0 Å². The van der Waals surface area contributed by atoms with Crippen molar-refractivity contribution in [2.75, 3.05) is 11.9 Å². The van der Waals surface area contributed by atoms with Crippen LogP contribution in [0.1, 0.15) is 23.2 Å². The third-order valence-electron chi connectivity index (χ3n) is 2.88. The van der Waals surface area contributed by atoms with Gasteiger partial charge in [-0.1, -0.05) is 18.2 Å². The Balaban J connectivity index is 2.17. The van der Waals surface area contributed by atoms with Gasteiger partial charge in [-0.25, -0.2) is 9.78 Å². The molecule has 0 unspecified atom stereocenters. The summed E-state index contributed by atoms with van der Waals surface area (Å²) in [6.45, 7) is 0.00509. The largest absolute Gasteiger partial charge is 0.478 e. The number of carbonyl (C=O) groups is 1. The van der Waals surface area contributed by atoms with E-state index in [1.54, 1.807) is 24.3 Å². The predicted molar refractivity (Wildman–Crippen MR) is 72.5 cm³/mol. The molecule has 0 radical (unpaired) electrons. The minimum absolute atomic E-state index is 0.00509. The molecule has 1 aromatic heterocycles. The van der Waals surface area contributed by atoms with Gasteiger partial charge in [-0.05, 0) is 18.6 Å². The van der Waals surface area contributed by atoms with Crippen molar-refractivity contribution >= 4 is 22.7 Å². The summed E-state index contributed by atoms with van der Waals surface area (Å²) in [5.41, 5.74) is 0.529. The minimum Gasteiger partial charge on any atom is -0.478 e. The molecule has 1 aromatic carbocycles. The van der Waals surface area contributed by atoms with Crippen LogP contribution in [0.3, 0.4) is 0 Å². The molecule has 0 aliphatic carbocycles. The van der Waals surface area contributed by atoms with Crippen LogP contribution in [0.5, 0.6) is 0 Å². The Kier molecular flexibility index (Phi) is 4.30. The Hall–Kier alpha value is -2.31. The Morgan fingerprint density at radius 2 is 2.00 bits per heavy atom. The first kappa shape index (κ1) is 15.1. The van der Waals surface area contributed by atoms with Crippen LogP contribution >= 0.6 is 0 Å². The standard InChI is InChI=1S/C14H13F3N2O2/c15-14(16,17)6-3-7-18-12-10(13(20)21)8-9-4-1-2-5-11(9)19-12/h1-2,4-5,8H,3,6-7H2,(H,18,19)(H,20,21). The van der Waals surface area contributed by atoms with Gasteiger partial charge >= 0.3 is 12.1 Å². The molecule has 1 heterocycles. The fourth-order valence-corrected chi connectivity index (χ4v) is 1.91. The van der Waals surface area contributed by atoms with Gasteiger partial charge in [0.05, 0.1) is 5.52 Å². The molecule has 0 atom stereocenters. The summed E-state index contributed by atoms with van der Waals surface area (Å²) in [6.07, 6.45) is -5.28. The van der Waals surface area contributed by atoms with Crippen molar-refractivity contribution in [2.24, 2.45) is 0 Å². The molecule has 2 aromatic rings. The molecular weight excluding hydrogens is 285 g/mol. The molecule has 0 spiro atoms. The number of benzene rings is 1. The molecule has 0 amide bonds. The normalized spacial score (nSPS) is 11.6. The molecule has 2 N–H and O–H groups in total. The second-order valence-electron chi connectivity index (χ2n) is 4.53. The van der Waals surface area contributed by atoms with Crippen molar-refractivity contribution in [1.29, 1.82) is 0 Å². The molecule has 4 nitrogen and oxygen atoms in total. The quantitative estimate of drug-likeness (QED) is 0.826. The van der Waals surface area contributed by atoms with Crippen molar-refractivity contribution in [3.05, 3.63) is 35.9 Å². The lowest BCUT2D eigenvalue weighted by Gasteiger charge is -2.11. The zero-order valence-electron chi connectivity index (χ0n) is 10.9. The number of anilines is 1. The smallest absolute Gasteiger partial charge is 0.389 e. The number of alkyl halides is 3. The van der Waals surface area contributed by atoms with Crippen LogP contribution in [-0.4, -0.2) is 28.8 Å². The van der Waals surface area contributed by atoms with Crippen LogP contribution in [0, 0.1) is 0 Å². The van der Waals surface area contributed by atoms with E-state index < -0.39 is 18.6 Å². The lowest BCUT2D eigenvalue weighted by atomic mass is 10.1. The van der Waals surface area contributed by atoms with E-state index >= 15 is 0 Å². The van der Waals surface area contributed by atoms with Crippen LogP contribution < -0.4 is 5.32 Å². The lowest BCUT2D eigenvalue weighted by molar-refractivity contribution is -0.134. The van der Waals surface area contributed by atoms with Gasteiger partial charge in [0.25, 0.3) is 0 Å². The fourth-order valence-electron chi connectivity index (χ4n) is 1.91. The topological polar surface area (TPSA) is 62.2 Å². The highest BCUT2D eigenvalue weighted by Gasteiger charge is 2.26. The number of carboxylic acids is 1. The van der Waals surface area contributed by atoms with Crippen molar-refractivity contribution < 1.29 is 23.1 Å². The average Bonchev–Trinajstić information content (AvgIpc) is 2.41. The molecule has 2 rings (SSSR count). The maximum atomic E-state index is 12.1. The van der Waals surface area contributed by atoms with Gasteiger partial charge < -0.3 is 10.4 Å². The van der Waals surface area contributed by atoms with Gasteiger partial charge in [-0.3, -0.25) is 0 Å². The first-order chi connectivity index (χ1) is 9.87. The fraction of sp³-hybridized carbons (Fsp3) is 0.286. The highest BCUT2D eigenvalue weighted by atomic mass is 19.4.